The Morgan fingerprint density at radius 2 is 1.28 bits per heavy atom. The molecule has 3 aliphatic carbocycles. The largest absolute Gasteiger partial charge is 0.0853 e. The van der Waals surface area contributed by atoms with E-state index in [1.165, 1.54) is 55.2 Å². The summed E-state index contributed by atoms with van der Waals surface area (Å²) in [6, 6.07) is 4.75. The van der Waals surface area contributed by atoms with Crippen molar-refractivity contribution in [2.45, 2.75) is 69.0 Å². The van der Waals surface area contributed by atoms with Gasteiger partial charge in [0.2, 0.25) is 0 Å². The zero-order valence-corrected chi connectivity index (χ0v) is 13.4. The molecule has 0 unspecified atom stereocenters. The maximum atomic E-state index is 3.98. The van der Waals surface area contributed by atoms with Crippen molar-refractivity contribution in [2.24, 2.45) is 0 Å². The molecule has 0 nitrogen and oxygen atoms in total. The molecule has 0 spiro atoms. The molecular weight excluding hydrogens is 284 g/mol. The molecule has 0 radical (unpaired) electrons. The number of alkyl halides is 1. The van der Waals surface area contributed by atoms with Crippen molar-refractivity contribution < 1.29 is 0 Å². The summed E-state index contributed by atoms with van der Waals surface area (Å²) in [5, 5.41) is 0. The van der Waals surface area contributed by atoms with Crippen molar-refractivity contribution in [1.29, 1.82) is 0 Å². The topological polar surface area (TPSA) is 0 Å². The van der Waals surface area contributed by atoms with Crippen LogP contribution in [0.4, 0.5) is 0 Å². The summed E-state index contributed by atoms with van der Waals surface area (Å²) in [7, 11) is 0. The monoisotopic (exact) mass is 306 g/mol. The molecule has 4 rings (SSSR count). The molecule has 2 bridgehead atoms. The lowest BCUT2D eigenvalue weighted by atomic mass is 9.56. The van der Waals surface area contributed by atoms with Crippen molar-refractivity contribution in [3.8, 4) is 0 Å². The maximum absolute atomic E-state index is 3.98. The Morgan fingerprint density at radius 3 is 1.72 bits per heavy atom. The summed E-state index contributed by atoms with van der Waals surface area (Å²) in [5.41, 5.74) is 6.64. The van der Waals surface area contributed by atoms with Crippen LogP contribution in [0, 0.1) is 20.8 Å². The zero-order chi connectivity index (χ0) is 13.0. The van der Waals surface area contributed by atoms with Crippen LogP contribution in [0.15, 0.2) is 12.1 Å². The van der Waals surface area contributed by atoms with E-state index in [9.17, 15) is 0 Å². The van der Waals surface area contributed by atoms with E-state index in [0.29, 0.717) is 9.74 Å². The highest BCUT2D eigenvalue weighted by molar-refractivity contribution is 9.10. The van der Waals surface area contributed by atoms with E-state index in [2.05, 4.69) is 48.8 Å². The summed E-state index contributed by atoms with van der Waals surface area (Å²) >= 11 is 3.98. The number of halogens is 1. The average Bonchev–Trinajstić information content (AvgIpc) is 2.29. The minimum atomic E-state index is 0.487. The van der Waals surface area contributed by atoms with Crippen molar-refractivity contribution in [1.82, 2.24) is 0 Å². The van der Waals surface area contributed by atoms with E-state index in [4.69, 9.17) is 0 Å². The second-order valence-corrected chi connectivity index (χ2v) is 8.39. The van der Waals surface area contributed by atoms with Gasteiger partial charge >= 0.3 is 0 Å². The minimum absolute atomic E-state index is 0.487. The highest BCUT2D eigenvalue weighted by Crippen LogP contribution is 2.57. The number of fused-ring (bicyclic) bond motifs is 3. The Balaban J connectivity index is 2.06. The third kappa shape index (κ3) is 1.86. The molecule has 0 N–H and O–H groups in total. The van der Waals surface area contributed by atoms with Crippen molar-refractivity contribution in [2.75, 3.05) is 0 Å². The van der Waals surface area contributed by atoms with E-state index in [-0.39, 0.29) is 0 Å². The first-order valence-corrected chi connectivity index (χ1v) is 8.01. The first-order chi connectivity index (χ1) is 8.44. The van der Waals surface area contributed by atoms with Gasteiger partial charge in [-0.05, 0) is 81.4 Å². The first kappa shape index (κ1) is 12.7. The molecule has 0 atom stereocenters. The van der Waals surface area contributed by atoms with Crippen LogP contribution < -0.4 is 0 Å². The molecule has 3 fully saturated rings. The van der Waals surface area contributed by atoms with Crippen LogP contribution in [0.25, 0.3) is 0 Å². The van der Waals surface area contributed by atoms with Gasteiger partial charge in [0.1, 0.15) is 0 Å². The zero-order valence-electron chi connectivity index (χ0n) is 11.8. The summed E-state index contributed by atoms with van der Waals surface area (Å²) < 4.78 is 0.487. The van der Waals surface area contributed by atoms with Crippen LogP contribution >= 0.6 is 15.9 Å². The van der Waals surface area contributed by atoms with Gasteiger partial charge in [-0.1, -0.05) is 33.6 Å². The lowest BCUT2D eigenvalue weighted by Crippen LogP contribution is -2.45. The Morgan fingerprint density at radius 1 is 0.833 bits per heavy atom. The van der Waals surface area contributed by atoms with Crippen LogP contribution in [-0.2, 0) is 5.41 Å². The average molecular weight is 307 g/mol. The molecule has 0 amide bonds. The van der Waals surface area contributed by atoms with E-state index >= 15 is 0 Å². The SMILES string of the molecule is Cc1cc(C)c(C23CCC(Br)(CC2)CC3)c(C)c1. The Bertz CT molecular complexity index is 439. The quantitative estimate of drug-likeness (QED) is 0.613. The Kier molecular flexibility index (Phi) is 2.89. The number of hydrogen-bond donors (Lipinski definition) is 0. The normalized spacial score (nSPS) is 34.9. The number of aryl methyl sites for hydroxylation is 3. The summed E-state index contributed by atoms with van der Waals surface area (Å²) in [6.45, 7) is 6.84. The van der Waals surface area contributed by atoms with Crippen LogP contribution in [-0.4, -0.2) is 4.32 Å². The van der Waals surface area contributed by atoms with Crippen LogP contribution in [0.1, 0.15) is 60.8 Å². The third-order valence-electron chi connectivity index (χ3n) is 5.36. The van der Waals surface area contributed by atoms with Crippen LogP contribution in [0.5, 0.6) is 0 Å². The molecule has 0 aliphatic heterocycles. The van der Waals surface area contributed by atoms with Crippen molar-refractivity contribution in [3.05, 3.63) is 34.4 Å². The second kappa shape index (κ2) is 4.10. The number of benzene rings is 1. The maximum Gasteiger partial charge on any atom is 0.0259 e. The smallest absolute Gasteiger partial charge is 0.0259 e. The molecule has 1 aromatic carbocycles. The van der Waals surface area contributed by atoms with Gasteiger partial charge < -0.3 is 0 Å². The van der Waals surface area contributed by atoms with Gasteiger partial charge in [0, 0.05) is 4.32 Å². The molecule has 18 heavy (non-hydrogen) atoms. The molecular formula is C17H23Br. The van der Waals surface area contributed by atoms with Crippen LogP contribution in [0.3, 0.4) is 0 Å². The summed E-state index contributed by atoms with van der Waals surface area (Å²) in [4.78, 5) is 0. The third-order valence-corrected chi connectivity index (χ3v) is 6.55. The lowest BCUT2D eigenvalue weighted by Gasteiger charge is -2.52. The first-order valence-electron chi connectivity index (χ1n) is 7.22. The fourth-order valence-corrected chi connectivity index (χ4v) is 5.13. The standard InChI is InChI=1S/C17H23Br/c1-12-10-13(2)15(14(3)11-12)16-4-7-17(18,8-5-16)9-6-16/h10-11H,4-9H2,1-3H3. The molecule has 1 heteroatoms. The van der Waals surface area contributed by atoms with Gasteiger partial charge in [0.15, 0.2) is 0 Å². The van der Waals surface area contributed by atoms with E-state index in [1.54, 1.807) is 5.56 Å². The summed E-state index contributed by atoms with van der Waals surface area (Å²) in [6.07, 6.45) is 8.22. The number of hydrogen-bond acceptors (Lipinski definition) is 0. The predicted molar refractivity (Wildman–Crippen MR) is 81.7 cm³/mol. The predicted octanol–water partition coefficient (Wildman–Crippen LogP) is 5.35. The van der Waals surface area contributed by atoms with E-state index < -0.39 is 0 Å². The van der Waals surface area contributed by atoms with Gasteiger partial charge in [-0.3, -0.25) is 0 Å². The molecule has 1 aromatic rings. The fraction of sp³-hybridized carbons (Fsp3) is 0.647. The lowest BCUT2D eigenvalue weighted by molar-refractivity contribution is 0.161. The Labute approximate surface area is 119 Å². The molecule has 0 saturated heterocycles. The van der Waals surface area contributed by atoms with Gasteiger partial charge in [0.05, 0.1) is 0 Å². The molecule has 98 valence electrons. The highest BCUT2D eigenvalue weighted by atomic mass is 79.9. The van der Waals surface area contributed by atoms with Gasteiger partial charge in [0.25, 0.3) is 0 Å². The molecule has 0 aromatic heterocycles. The highest BCUT2D eigenvalue weighted by Gasteiger charge is 2.48. The fourth-order valence-electron chi connectivity index (χ4n) is 4.53. The summed E-state index contributed by atoms with van der Waals surface area (Å²) in [5.74, 6) is 0. The minimum Gasteiger partial charge on any atom is -0.0853 e. The second-order valence-electron chi connectivity index (χ2n) is 6.70. The number of rotatable bonds is 1. The van der Waals surface area contributed by atoms with Gasteiger partial charge in [-0.2, -0.15) is 0 Å². The van der Waals surface area contributed by atoms with E-state index in [0.717, 1.165) is 0 Å². The van der Waals surface area contributed by atoms with Crippen LogP contribution in [0.2, 0.25) is 0 Å². The Hall–Kier alpha value is -0.300. The van der Waals surface area contributed by atoms with E-state index in [1.807, 2.05) is 0 Å². The molecule has 3 aliphatic rings. The molecule has 3 saturated carbocycles. The van der Waals surface area contributed by atoms with Gasteiger partial charge in [-0.25, -0.2) is 0 Å². The van der Waals surface area contributed by atoms with Gasteiger partial charge in [-0.15, -0.1) is 0 Å². The van der Waals surface area contributed by atoms with Crippen molar-refractivity contribution in [3.63, 3.8) is 0 Å². The molecule has 0 heterocycles. The van der Waals surface area contributed by atoms with Crippen molar-refractivity contribution >= 4 is 15.9 Å².